The monoisotopic (exact) mass is 304 g/mol. The van der Waals surface area contributed by atoms with Crippen molar-refractivity contribution in [3.8, 4) is 6.07 Å². The van der Waals surface area contributed by atoms with Crippen LogP contribution in [0.3, 0.4) is 0 Å². The van der Waals surface area contributed by atoms with Gasteiger partial charge in [0.1, 0.15) is 17.4 Å². The number of carbonyl (C=O) groups excluding carboxylic acids is 1. The van der Waals surface area contributed by atoms with Gasteiger partial charge < -0.3 is 15.2 Å². The Kier molecular flexibility index (Phi) is 4.34. The minimum Gasteiger partial charge on any atom is -0.463 e. The standard InChI is InChI=1S/C15H16N2O3S/c1-4-19-15(18)11-9(3)20-14(17)10(7-16)12(11)13-8(2)5-6-21-13/h5-6,12H,4,17H2,1-3H3. The summed E-state index contributed by atoms with van der Waals surface area (Å²) < 4.78 is 10.5. The molecule has 110 valence electrons. The Morgan fingerprint density at radius 3 is 2.81 bits per heavy atom. The molecule has 1 atom stereocenters. The van der Waals surface area contributed by atoms with E-state index in [4.69, 9.17) is 15.2 Å². The molecule has 0 aliphatic carbocycles. The summed E-state index contributed by atoms with van der Waals surface area (Å²) in [6.07, 6.45) is 0. The summed E-state index contributed by atoms with van der Waals surface area (Å²) in [5.74, 6) is -0.584. The second-order valence-corrected chi connectivity index (χ2v) is 5.53. The molecule has 0 fully saturated rings. The van der Waals surface area contributed by atoms with E-state index in [0.29, 0.717) is 11.3 Å². The van der Waals surface area contributed by atoms with Gasteiger partial charge in [0.15, 0.2) is 0 Å². The third kappa shape index (κ3) is 2.65. The number of nitriles is 1. The molecule has 0 saturated heterocycles. The highest BCUT2D eigenvalue weighted by atomic mass is 32.1. The van der Waals surface area contributed by atoms with Gasteiger partial charge in [-0.3, -0.25) is 0 Å². The largest absolute Gasteiger partial charge is 0.463 e. The zero-order valence-electron chi connectivity index (χ0n) is 12.1. The van der Waals surface area contributed by atoms with Gasteiger partial charge in [-0.25, -0.2) is 4.79 Å². The van der Waals surface area contributed by atoms with Gasteiger partial charge in [-0.15, -0.1) is 11.3 Å². The second-order valence-electron chi connectivity index (χ2n) is 4.58. The average molecular weight is 304 g/mol. The Bertz CT molecular complexity index is 679. The fraction of sp³-hybridized carbons (Fsp3) is 0.333. The van der Waals surface area contributed by atoms with Crippen LogP contribution in [-0.2, 0) is 14.3 Å². The molecular formula is C15H16N2O3S. The van der Waals surface area contributed by atoms with Crippen LogP contribution in [0.1, 0.15) is 30.2 Å². The number of allylic oxidation sites excluding steroid dienone is 2. The molecular weight excluding hydrogens is 288 g/mol. The highest BCUT2D eigenvalue weighted by Gasteiger charge is 2.37. The number of nitrogens with zero attached hydrogens (tertiary/aromatic N) is 1. The Balaban J connectivity index is 2.61. The van der Waals surface area contributed by atoms with E-state index in [9.17, 15) is 10.1 Å². The lowest BCUT2D eigenvalue weighted by Crippen LogP contribution is -2.25. The number of thiophene rings is 1. The van der Waals surface area contributed by atoms with Crippen LogP contribution in [0.2, 0.25) is 0 Å². The average Bonchev–Trinajstić information content (AvgIpc) is 2.84. The first-order valence-electron chi connectivity index (χ1n) is 6.50. The van der Waals surface area contributed by atoms with Crippen LogP contribution in [0.5, 0.6) is 0 Å². The van der Waals surface area contributed by atoms with Crippen molar-refractivity contribution >= 4 is 17.3 Å². The highest BCUT2D eigenvalue weighted by Crippen LogP contribution is 2.42. The lowest BCUT2D eigenvalue weighted by atomic mass is 9.86. The molecule has 1 aromatic rings. The van der Waals surface area contributed by atoms with E-state index in [1.165, 1.54) is 11.3 Å². The van der Waals surface area contributed by atoms with Gasteiger partial charge >= 0.3 is 5.97 Å². The van der Waals surface area contributed by atoms with Crippen LogP contribution in [-0.4, -0.2) is 12.6 Å². The fourth-order valence-corrected chi connectivity index (χ4v) is 3.34. The molecule has 21 heavy (non-hydrogen) atoms. The summed E-state index contributed by atoms with van der Waals surface area (Å²) in [6.45, 7) is 5.58. The topological polar surface area (TPSA) is 85.3 Å². The minimum atomic E-state index is -0.525. The van der Waals surface area contributed by atoms with Crippen molar-refractivity contribution in [2.45, 2.75) is 26.7 Å². The van der Waals surface area contributed by atoms with Crippen LogP contribution in [0.4, 0.5) is 0 Å². The van der Waals surface area contributed by atoms with Crippen molar-refractivity contribution in [1.29, 1.82) is 5.26 Å². The van der Waals surface area contributed by atoms with Crippen LogP contribution in [0.25, 0.3) is 0 Å². The van der Waals surface area contributed by atoms with E-state index in [1.807, 2.05) is 18.4 Å². The van der Waals surface area contributed by atoms with Crippen molar-refractivity contribution in [3.05, 3.63) is 44.7 Å². The molecule has 2 N–H and O–H groups in total. The molecule has 1 unspecified atom stereocenters. The molecule has 0 spiro atoms. The number of hydrogen-bond acceptors (Lipinski definition) is 6. The van der Waals surface area contributed by atoms with Gasteiger partial charge in [0.25, 0.3) is 0 Å². The number of rotatable bonds is 3. The smallest absolute Gasteiger partial charge is 0.338 e. The van der Waals surface area contributed by atoms with E-state index in [1.54, 1.807) is 13.8 Å². The lowest BCUT2D eigenvalue weighted by molar-refractivity contribution is -0.139. The number of nitrogens with two attached hydrogens (primary N) is 1. The van der Waals surface area contributed by atoms with E-state index < -0.39 is 11.9 Å². The normalized spacial score (nSPS) is 18.3. The second kappa shape index (κ2) is 6.02. The first-order valence-corrected chi connectivity index (χ1v) is 7.38. The number of hydrogen-bond donors (Lipinski definition) is 1. The molecule has 1 aliphatic rings. The predicted molar refractivity (Wildman–Crippen MR) is 79.0 cm³/mol. The lowest BCUT2D eigenvalue weighted by Gasteiger charge is -2.26. The first kappa shape index (κ1) is 15.1. The van der Waals surface area contributed by atoms with Crippen molar-refractivity contribution in [1.82, 2.24) is 0 Å². The first-order chi connectivity index (χ1) is 10.0. The summed E-state index contributed by atoms with van der Waals surface area (Å²) in [4.78, 5) is 13.2. The molecule has 0 amide bonds. The number of aryl methyl sites for hydroxylation is 1. The SMILES string of the molecule is CCOC(=O)C1=C(C)OC(N)=C(C#N)C1c1sccc1C. The van der Waals surface area contributed by atoms with Crippen LogP contribution in [0, 0.1) is 18.3 Å². The number of esters is 1. The molecule has 0 bridgehead atoms. The summed E-state index contributed by atoms with van der Waals surface area (Å²) in [7, 11) is 0. The third-order valence-corrected chi connectivity index (χ3v) is 4.35. The summed E-state index contributed by atoms with van der Waals surface area (Å²) in [6, 6.07) is 4.00. The molecule has 1 aliphatic heterocycles. The van der Waals surface area contributed by atoms with E-state index >= 15 is 0 Å². The Morgan fingerprint density at radius 2 is 2.29 bits per heavy atom. The highest BCUT2D eigenvalue weighted by molar-refractivity contribution is 7.10. The third-order valence-electron chi connectivity index (χ3n) is 3.26. The Labute approximate surface area is 127 Å². The van der Waals surface area contributed by atoms with Gasteiger partial charge in [-0.05, 0) is 37.8 Å². The number of ether oxygens (including phenoxy) is 2. The van der Waals surface area contributed by atoms with Gasteiger partial charge in [-0.2, -0.15) is 5.26 Å². The minimum absolute atomic E-state index is 0.0425. The van der Waals surface area contributed by atoms with Crippen molar-refractivity contribution in [3.63, 3.8) is 0 Å². The maximum Gasteiger partial charge on any atom is 0.338 e. The zero-order chi connectivity index (χ0) is 15.6. The van der Waals surface area contributed by atoms with E-state index in [2.05, 4.69) is 6.07 Å². The van der Waals surface area contributed by atoms with Crippen molar-refractivity contribution in [2.75, 3.05) is 6.61 Å². The summed E-state index contributed by atoms with van der Waals surface area (Å²) in [5.41, 5.74) is 7.40. The maximum absolute atomic E-state index is 12.3. The molecule has 2 heterocycles. The summed E-state index contributed by atoms with van der Waals surface area (Å²) in [5, 5.41) is 11.3. The molecule has 0 radical (unpaired) electrons. The molecule has 6 heteroatoms. The quantitative estimate of drug-likeness (QED) is 0.868. The van der Waals surface area contributed by atoms with Gasteiger partial charge in [-0.1, -0.05) is 0 Å². The van der Waals surface area contributed by atoms with Gasteiger partial charge in [0.05, 0.1) is 18.1 Å². The van der Waals surface area contributed by atoms with Crippen LogP contribution in [0.15, 0.2) is 34.2 Å². The van der Waals surface area contributed by atoms with Crippen molar-refractivity contribution in [2.24, 2.45) is 5.73 Å². The zero-order valence-corrected chi connectivity index (χ0v) is 12.9. The molecule has 2 rings (SSSR count). The molecule has 1 aromatic heterocycles. The predicted octanol–water partition coefficient (Wildman–Crippen LogP) is 2.70. The fourth-order valence-electron chi connectivity index (χ4n) is 2.30. The van der Waals surface area contributed by atoms with E-state index in [0.717, 1.165) is 10.4 Å². The van der Waals surface area contributed by atoms with Crippen LogP contribution >= 0.6 is 11.3 Å². The molecule has 0 aromatic carbocycles. The number of carbonyl (C=O) groups is 1. The maximum atomic E-state index is 12.3. The van der Waals surface area contributed by atoms with Crippen molar-refractivity contribution < 1.29 is 14.3 Å². The molecule has 0 saturated carbocycles. The van der Waals surface area contributed by atoms with Gasteiger partial charge in [0.2, 0.25) is 5.88 Å². The van der Waals surface area contributed by atoms with E-state index in [-0.39, 0.29) is 18.1 Å². The van der Waals surface area contributed by atoms with Gasteiger partial charge in [0, 0.05) is 4.88 Å². The Morgan fingerprint density at radius 1 is 1.57 bits per heavy atom. The van der Waals surface area contributed by atoms with Crippen LogP contribution < -0.4 is 5.73 Å². The Hall–Kier alpha value is -2.26. The summed E-state index contributed by atoms with van der Waals surface area (Å²) >= 11 is 1.48. The molecule has 5 nitrogen and oxygen atoms in total.